The van der Waals surface area contributed by atoms with Gasteiger partial charge in [-0.25, -0.2) is 0 Å². The number of anilines is 1. The SMILES string of the molecule is COc1cc(NC(=O)C(=O)N2CCN(CCN)CC2)c(OC)cc1Cl. The lowest BCUT2D eigenvalue weighted by molar-refractivity contribution is -0.144. The van der Waals surface area contributed by atoms with Crippen molar-refractivity contribution in [3.63, 3.8) is 0 Å². The number of ether oxygens (including phenoxy) is 2. The lowest BCUT2D eigenvalue weighted by atomic mass is 10.2. The number of carbonyl (C=O) groups is 2. The molecule has 2 rings (SSSR count). The van der Waals surface area contributed by atoms with Crippen molar-refractivity contribution in [1.29, 1.82) is 0 Å². The third-order valence-corrected chi connectivity index (χ3v) is 4.32. The van der Waals surface area contributed by atoms with Gasteiger partial charge in [0.15, 0.2) is 0 Å². The molecule has 0 aromatic heterocycles. The second-order valence-electron chi connectivity index (χ2n) is 5.56. The van der Waals surface area contributed by atoms with Gasteiger partial charge in [-0.15, -0.1) is 0 Å². The summed E-state index contributed by atoms with van der Waals surface area (Å²) in [7, 11) is 2.91. The van der Waals surface area contributed by atoms with Gasteiger partial charge in [-0.3, -0.25) is 14.5 Å². The summed E-state index contributed by atoms with van der Waals surface area (Å²) < 4.78 is 10.3. The van der Waals surface area contributed by atoms with Crippen molar-refractivity contribution < 1.29 is 19.1 Å². The fraction of sp³-hybridized carbons (Fsp3) is 0.500. The highest BCUT2D eigenvalue weighted by molar-refractivity contribution is 6.40. The van der Waals surface area contributed by atoms with Crippen LogP contribution in [0.2, 0.25) is 5.02 Å². The van der Waals surface area contributed by atoms with Gasteiger partial charge in [0.2, 0.25) is 0 Å². The minimum Gasteiger partial charge on any atom is -0.495 e. The van der Waals surface area contributed by atoms with Crippen molar-refractivity contribution in [3.8, 4) is 11.5 Å². The van der Waals surface area contributed by atoms with E-state index in [0.717, 1.165) is 6.54 Å². The number of methoxy groups -OCH3 is 2. The molecule has 0 atom stereocenters. The highest BCUT2D eigenvalue weighted by atomic mass is 35.5. The van der Waals surface area contributed by atoms with Crippen LogP contribution in [0.1, 0.15) is 0 Å². The minimum absolute atomic E-state index is 0.323. The number of nitrogens with zero attached hydrogens (tertiary/aromatic N) is 2. The third kappa shape index (κ3) is 4.75. The highest BCUT2D eigenvalue weighted by Crippen LogP contribution is 2.35. The van der Waals surface area contributed by atoms with E-state index in [4.69, 9.17) is 26.8 Å². The molecule has 2 amide bonds. The van der Waals surface area contributed by atoms with Gasteiger partial charge >= 0.3 is 11.8 Å². The van der Waals surface area contributed by atoms with E-state index in [-0.39, 0.29) is 0 Å². The second-order valence-corrected chi connectivity index (χ2v) is 5.97. The predicted molar refractivity (Wildman–Crippen MR) is 95.3 cm³/mol. The number of carbonyl (C=O) groups excluding carboxylic acids is 2. The first-order valence-electron chi connectivity index (χ1n) is 7.94. The molecule has 0 bridgehead atoms. The summed E-state index contributed by atoms with van der Waals surface area (Å²) in [6.45, 7) is 3.76. The monoisotopic (exact) mass is 370 g/mol. The zero-order valence-electron chi connectivity index (χ0n) is 14.4. The van der Waals surface area contributed by atoms with Crippen molar-refractivity contribution in [2.75, 3.05) is 58.8 Å². The number of rotatable bonds is 5. The molecule has 0 aliphatic carbocycles. The van der Waals surface area contributed by atoms with E-state index in [9.17, 15) is 9.59 Å². The molecule has 1 aliphatic rings. The van der Waals surface area contributed by atoms with E-state index in [1.54, 1.807) is 0 Å². The van der Waals surface area contributed by atoms with Gasteiger partial charge in [-0.1, -0.05) is 11.6 Å². The molecular weight excluding hydrogens is 348 g/mol. The van der Waals surface area contributed by atoms with E-state index in [0.29, 0.717) is 54.9 Å². The minimum atomic E-state index is -0.727. The number of benzene rings is 1. The smallest absolute Gasteiger partial charge is 0.314 e. The summed E-state index contributed by atoms with van der Waals surface area (Å²) in [5.41, 5.74) is 5.85. The fourth-order valence-corrected chi connectivity index (χ4v) is 2.87. The Morgan fingerprint density at radius 1 is 1.16 bits per heavy atom. The fourth-order valence-electron chi connectivity index (χ4n) is 2.63. The zero-order valence-corrected chi connectivity index (χ0v) is 15.1. The summed E-state index contributed by atoms with van der Waals surface area (Å²) in [4.78, 5) is 28.4. The number of hydrogen-bond acceptors (Lipinski definition) is 6. The molecule has 138 valence electrons. The van der Waals surface area contributed by atoms with E-state index in [2.05, 4.69) is 10.2 Å². The second kappa shape index (κ2) is 8.89. The van der Waals surface area contributed by atoms with Gasteiger partial charge in [-0.05, 0) is 0 Å². The number of hydrogen-bond donors (Lipinski definition) is 2. The van der Waals surface area contributed by atoms with Crippen molar-refractivity contribution in [1.82, 2.24) is 9.80 Å². The molecule has 0 unspecified atom stereocenters. The van der Waals surface area contributed by atoms with Gasteiger partial charge in [0.1, 0.15) is 11.5 Å². The Bertz CT molecular complexity index is 633. The molecular formula is C16H23ClN4O4. The first kappa shape index (κ1) is 19.3. The summed E-state index contributed by atoms with van der Waals surface area (Å²) in [5.74, 6) is -0.585. The molecule has 1 fully saturated rings. The number of halogens is 1. The molecule has 0 spiro atoms. The first-order chi connectivity index (χ1) is 12.0. The van der Waals surface area contributed by atoms with Gasteiger partial charge in [-0.2, -0.15) is 0 Å². The molecule has 25 heavy (non-hydrogen) atoms. The van der Waals surface area contributed by atoms with Crippen molar-refractivity contribution in [2.45, 2.75) is 0 Å². The lowest BCUT2D eigenvalue weighted by Crippen LogP contribution is -2.52. The normalized spacial score (nSPS) is 15.0. The molecule has 1 aromatic carbocycles. The van der Waals surface area contributed by atoms with E-state index in [1.165, 1.54) is 31.3 Å². The maximum Gasteiger partial charge on any atom is 0.314 e. The van der Waals surface area contributed by atoms with Crippen LogP contribution in [0.4, 0.5) is 5.69 Å². The highest BCUT2D eigenvalue weighted by Gasteiger charge is 2.26. The van der Waals surface area contributed by atoms with Gasteiger partial charge in [0.05, 0.1) is 24.9 Å². The van der Waals surface area contributed by atoms with Crippen molar-refractivity contribution in [2.24, 2.45) is 5.73 Å². The van der Waals surface area contributed by atoms with E-state index in [1.807, 2.05) is 0 Å². The Labute approximate surface area is 151 Å². The third-order valence-electron chi connectivity index (χ3n) is 4.02. The van der Waals surface area contributed by atoms with Crippen LogP contribution in [-0.2, 0) is 9.59 Å². The van der Waals surface area contributed by atoms with Gasteiger partial charge in [0, 0.05) is 51.4 Å². The molecule has 9 heteroatoms. The maximum absolute atomic E-state index is 12.4. The Morgan fingerprint density at radius 3 is 2.36 bits per heavy atom. The molecule has 0 saturated carbocycles. The summed E-state index contributed by atoms with van der Waals surface area (Å²) in [6.07, 6.45) is 0. The van der Waals surface area contributed by atoms with Crippen molar-refractivity contribution >= 4 is 29.1 Å². The van der Waals surface area contributed by atoms with Crippen LogP contribution in [0.25, 0.3) is 0 Å². The van der Waals surface area contributed by atoms with Crippen LogP contribution in [0.15, 0.2) is 12.1 Å². The van der Waals surface area contributed by atoms with Gasteiger partial charge in [0.25, 0.3) is 0 Å². The van der Waals surface area contributed by atoms with Gasteiger partial charge < -0.3 is 25.4 Å². The number of piperazine rings is 1. The summed E-state index contributed by atoms with van der Waals surface area (Å²) >= 11 is 6.03. The maximum atomic E-state index is 12.4. The Kier molecular flexibility index (Phi) is 6.86. The standard InChI is InChI=1S/C16H23ClN4O4/c1-24-13-10-12(14(25-2)9-11(13)17)19-15(22)16(23)21-7-5-20(4-3-18)6-8-21/h9-10H,3-8,18H2,1-2H3,(H,19,22). The zero-order chi connectivity index (χ0) is 18.4. The Hall–Kier alpha value is -2.03. The molecule has 0 radical (unpaired) electrons. The molecule has 1 saturated heterocycles. The largest absolute Gasteiger partial charge is 0.495 e. The number of nitrogens with one attached hydrogen (secondary N) is 1. The van der Waals surface area contributed by atoms with E-state index < -0.39 is 11.8 Å². The average Bonchev–Trinajstić information content (AvgIpc) is 2.63. The average molecular weight is 371 g/mol. The molecule has 1 heterocycles. The van der Waals surface area contributed by atoms with Crippen LogP contribution in [0.5, 0.6) is 11.5 Å². The van der Waals surface area contributed by atoms with E-state index >= 15 is 0 Å². The summed E-state index contributed by atoms with van der Waals surface area (Å²) in [6, 6.07) is 3.04. The van der Waals surface area contributed by atoms with Crippen LogP contribution in [-0.4, -0.2) is 75.1 Å². The molecule has 8 nitrogen and oxygen atoms in total. The van der Waals surface area contributed by atoms with Crippen LogP contribution in [0, 0.1) is 0 Å². The number of nitrogens with two attached hydrogens (primary N) is 1. The predicted octanol–water partition coefficient (Wildman–Crippen LogP) is 0.399. The van der Waals surface area contributed by atoms with Crippen LogP contribution >= 0.6 is 11.6 Å². The quantitative estimate of drug-likeness (QED) is 0.728. The lowest BCUT2D eigenvalue weighted by Gasteiger charge is -2.34. The molecule has 3 N–H and O–H groups in total. The summed E-state index contributed by atoms with van der Waals surface area (Å²) in [5, 5.41) is 2.92. The number of amides is 2. The van der Waals surface area contributed by atoms with Crippen LogP contribution in [0.3, 0.4) is 0 Å². The Morgan fingerprint density at radius 2 is 1.80 bits per heavy atom. The molecule has 1 aromatic rings. The van der Waals surface area contributed by atoms with Crippen LogP contribution < -0.4 is 20.5 Å². The Balaban J connectivity index is 2.03. The topological polar surface area (TPSA) is 97.1 Å². The molecule has 1 aliphatic heterocycles. The first-order valence-corrected chi connectivity index (χ1v) is 8.32. The van der Waals surface area contributed by atoms with Crippen molar-refractivity contribution in [3.05, 3.63) is 17.2 Å².